The van der Waals surface area contributed by atoms with E-state index in [1.807, 2.05) is 36.4 Å². The molecule has 2 unspecified atom stereocenters. The number of hydrogen-bond acceptors (Lipinski definition) is 4. The summed E-state index contributed by atoms with van der Waals surface area (Å²) in [6, 6.07) is 16.5. The molecule has 0 radical (unpaired) electrons. The van der Waals surface area contributed by atoms with Crippen molar-refractivity contribution in [2.75, 3.05) is 26.2 Å². The zero-order valence-electron chi connectivity index (χ0n) is 22.6. The normalized spacial score (nSPS) is 22.1. The predicted molar refractivity (Wildman–Crippen MR) is 145 cm³/mol. The Bertz CT molecular complexity index is 1330. The van der Waals surface area contributed by atoms with Gasteiger partial charge in [0.05, 0.1) is 18.7 Å². The van der Waals surface area contributed by atoms with E-state index in [-0.39, 0.29) is 29.4 Å². The molecule has 40 heavy (non-hydrogen) atoms. The number of halogens is 4. The lowest BCUT2D eigenvalue weighted by atomic mass is 9.80. The largest absolute Gasteiger partial charge is 0.490 e. The Labute approximate surface area is 232 Å². The molecule has 2 aliphatic heterocycles. The van der Waals surface area contributed by atoms with E-state index >= 15 is 8.78 Å². The molecule has 2 heterocycles. The summed E-state index contributed by atoms with van der Waals surface area (Å²) >= 11 is 0. The van der Waals surface area contributed by atoms with Crippen molar-refractivity contribution in [3.05, 3.63) is 94.6 Å². The molecule has 8 heteroatoms. The molecule has 3 aromatic carbocycles. The van der Waals surface area contributed by atoms with Gasteiger partial charge in [-0.2, -0.15) is 0 Å². The summed E-state index contributed by atoms with van der Waals surface area (Å²) in [5, 5.41) is 3.30. The van der Waals surface area contributed by atoms with Gasteiger partial charge in [0.1, 0.15) is 29.7 Å². The van der Waals surface area contributed by atoms with Crippen LogP contribution < -0.4 is 14.8 Å². The Morgan fingerprint density at radius 1 is 1.00 bits per heavy atom. The van der Waals surface area contributed by atoms with Crippen molar-refractivity contribution in [3.8, 4) is 11.5 Å². The van der Waals surface area contributed by atoms with Crippen molar-refractivity contribution < 1.29 is 27.0 Å². The highest BCUT2D eigenvalue weighted by Crippen LogP contribution is 2.44. The van der Waals surface area contributed by atoms with E-state index in [1.165, 1.54) is 17.0 Å². The van der Waals surface area contributed by atoms with Crippen molar-refractivity contribution in [2.24, 2.45) is 5.41 Å². The minimum absolute atomic E-state index is 0.0910. The van der Waals surface area contributed by atoms with E-state index in [4.69, 9.17) is 9.47 Å². The lowest BCUT2D eigenvalue weighted by molar-refractivity contribution is -0.0245. The third-order valence-corrected chi connectivity index (χ3v) is 8.46. The van der Waals surface area contributed by atoms with Gasteiger partial charge in [0.15, 0.2) is 0 Å². The van der Waals surface area contributed by atoms with Crippen LogP contribution in [0.3, 0.4) is 0 Å². The number of benzene rings is 3. The zero-order chi connectivity index (χ0) is 27.9. The Morgan fingerprint density at radius 3 is 2.40 bits per heavy atom. The summed E-state index contributed by atoms with van der Waals surface area (Å²) in [4.78, 5) is 1.47. The summed E-state index contributed by atoms with van der Waals surface area (Å²) < 4.78 is 71.8. The molecular formula is C32H34F4N2O2. The van der Waals surface area contributed by atoms with Crippen LogP contribution in [0.5, 0.6) is 11.5 Å². The van der Waals surface area contributed by atoms with Gasteiger partial charge in [0.2, 0.25) is 0 Å². The second kappa shape index (κ2) is 10.7. The van der Waals surface area contributed by atoms with Crippen LogP contribution in [0.4, 0.5) is 17.6 Å². The van der Waals surface area contributed by atoms with Crippen LogP contribution in [0.2, 0.25) is 0 Å². The van der Waals surface area contributed by atoms with Gasteiger partial charge in [-0.05, 0) is 59.9 Å². The first kappa shape index (κ1) is 27.1. The fourth-order valence-electron chi connectivity index (χ4n) is 6.49. The molecule has 212 valence electrons. The number of nitrogens with zero attached hydrogens (tertiary/aromatic N) is 1. The van der Waals surface area contributed by atoms with Crippen molar-refractivity contribution in [1.29, 1.82) is 0 Å². The Balaban J connectivity index is 1.27. The molecular weight excluding hydrogens is 520 g/mol. The van der Waals surface area contributed by atoms with Crippen LogP contribution >= 0.6 is 0 Å². The zero-order valence-corrected chi connectivity index (χ0v) is 22.6. The van der Waals surface area contributed by atoms with Crippen molar-refractivity contribution in [1.82, 2.24) is 10.2 Å². The molecule has 3 aliphatic rings. The average Bonchev–Trinajstić information content (AvgIpc) is 3.33. The van der Waals surface area contributed by atoms with E-state index in [9.17, 15) is 8.78 Å². The van der Waals surface area contributed by atoms with Crippen LogP contribution in [-0.4, -0.2) is 43.1 Å². The fraction of sp³-hybridized carbons (Fsp3) is 0.438. The summed E-state index contributed by atoms with van der Waals surface area (Å²) in [5.41, 5.74) is 2.45. The number of fused-ring (bicyclic) bond motifs is 1. The molecule has 6 rings (SSSR count). The van der Waals surface area contributed by atoms with E-state index < -0.39 is 30.1 Å². The molecule has 2 fully saturated rings. The van der Waals surface area contributed by atoms with E-state index in [1.54, 1.807) is 12.1 Å². The highest BCUT2D eigenvalue weighted by atomic mass is 19.3. The molecule has 4 nitrogen and oxygen atoms in total. The summed E-state index contributed by atoms with van der Waals surface area (Å²) in [6.45, 7) is 2.73. The maximum atomic E-state index is 15.7. The van der Waals surface area contributed by atoms with Gasteiger partial charge in [0.25, 0.3) is 5.92 Å². The fourth-order valence-corrected chi connectivity index (χ4v) is 6.49. The summed E-state index contributed by atoms with van der Waals surface area (Å²) in [6.07, 6.45) is 3.11. The molecule has 1 spiro atoms. The second-order valence-corrected chi connectivity index (χ2v) is 11.7. The Kier molecular flexibility index (Phi) is 7.25. The first-order valence-electron chi connectivity index (χ1n) is 14.0. The maximum absolute atomic E-state index is 15.7. The summed E-state index contributed by atoms with van der Waals surface area (Å²) in [5.74, 6) is -3.85. The number of rotatable bonds is 8. The van der Waals surface area contributed by atoms with Gasteiger partial charge in [0, 0.05) is 44.3 Å². The number of hydrogen-bond donors (Lipinski definition) is 1. The third-order valence-electron chi connectivity index (χ3n) is 8.46. The molecule has 1 saturated heterocycles. The monoisotopic (exact) mass is 554 g/mol. The van der Waals surface area contributed by atoms with Gasteiger partial charge >= 0.3 is 0 Å². The summed E-state index contributed by atoms with van der Waals surface area (Å²) in [7, 11) is 0. The second-order valence-electron chi connectivity index (χ2n) is 11.7. The van der Waals surface area contributed by atoms with Crippen LogP contribution in [0.1, 0.15) is 54.5 Å². The van der Waals surface area contributed by atoms with Crippen LogP contribution in [-0.2, 0) is 13.0 Å². The van der Waals surface area contributed by atoms with Gasteiger partial charge < -0.3 is 14.8 Å². The molecule has 1 aliphatic carbocycles. The Hall–Kier alpha value is -3.10. The SMILES string of the molecule is CC(F)(F)CN1CCc2cc(OCc3ccccc3)ccc2C1c1c(F)cc(OC2CCC3(CNC3)C2)cc1F. The van der Waals surface area contributed by atoms with E-state index in [0.717, 1.165) is 50.4 Å². The van der Waals surface area contributed by atoms with Gasteiger partial charge in [-0.1, -0.05) is 36.4 Å². The number of ether oxygens (including phenoxy) is 2. The minimum atomic E-state index is -3.03. The topological polar surface area (TPSA) is 33.7 Å². The number of nitrogens with one attached hydrogen (secondary N) is 1. The molecule has 3 aromatic rings. The Morgan fingerprint density at radius 2 is 1.75 bits per heavy atom. The molecule has 0 aromatic heterocycles. The van der Waals surface area contributed by atoms with Crippen LogP contribution in [0.25, 0.3) is 0 Å². The first-order valence-corrected chi connectivity index (χ1v) is 14.0. The average molecular weight is 555 g/mol. The third kappa shape index (κ3) is 5.70. The van der Waals surface area contributed by atoms with E-state index in [2.05, 4.69) is 5.32 Å². The van der Waals surface area contributed by atoms with Gasteiger partial charge in [-0.15, -0.1) is 0 Å². The maximum Gasteiger partial charge on any atom is 0.257 e. The molecule has 1 N–H and O–H groups in total. The van der Waals surface area contributed by atoms with E-state index in [0.29, 0.717) is 24.3 Å². The van der Waals surface area contributed by atoms with Gasteiger partial charge in [-0.3, -0.25) is 4.90 Å². The minimum Gasteiger partial charge on any atom is -0.490 e. The predicted octanol–water partition coefficient (Wildman–Crippen LogP) is 6.67. The molecule has 2 atom stereocenters. The standard InChI is InChI=1S/C32H34F4N2O2/c1-31(35,36)20-38-12-10-22-13-23(39-17-21-5-3-2-4-6-21)7-8-26(22)30(38)29-27(33)14-25(15-28(29)34)40-24-9-11-32(16-24)18-37-19-32/h2-8,13-15,24,30,37H,9-12,16-20H2,1H3. The van der Waals surface area contributed by atoms with Crippen molar-refractivity contribution in [2.45, 2.75) is 57.3 Å². The van der Waals surface area contributed by atoms with Crippen LogP contribution in [0, 0.1) is 17.0 Å². The first-order chi connectivity index (χ1) is 19.2. The lowest BCUT2D eigenvalue weighted by Crippen LogP contribution is -2.52. The molecule has 0 amide bonds. The highest BCUT2D eigenvalue weighted by Gasteiger charge is 2.45. The lowest BCUT2D eigenvalue weighted by Gasteiger charge is -2.39. The molecule has 0 bridgehead atoms. The van der Waals surface area contributed by atoms with Crippen molar-refractivity contribution in [3.63, 3.8) is 0 Å². The van der Waals surface area contributed by atoms with Gasteiger partial charge in [-0.25, -0.2) is 17.6 Å². The number of alkyl halides is 2. The van der Waals surface area contributed by atoms with Crippen LogP contribution in [0.15, 0.2) is 60.7 Å². The smallest absolute Gasteiger partial charge is 0.257 e. The molecule has 1 saturated carbocycles. The van der Waals surface area contributed by atoms with Crippen molar-refractivity contribution >= 4 is 0 Å². The quantitative estimate of drug-likeness (QED) is 0.316. The highest BCUT2D eigenvalue weighted by molar-refractivity contribution is 5.46.